The highest BCUT2D eigenvalue weighted by atomic mass is 32.2. The molecule has 10 heteroatoms. The van der Waals surface area contributed by atoms with Gasteiger partial charge in [0.25, 0.3) is 5.91 Å². The Kier molecular flexibility index (Phi) is 5.63. The van der Waals surface area contributed by atoms with Gasteiger partial charge in [-0.25, -0.2) is 18.4 Å². The van der Waals surface area contributed by atoms with Crippen molar-refractivity contribution in [3.05, 3.63) is 35.2 Å². The summed E-state index contributed by atoms with van der Waals surface area (Å²) in [6.07, 6.45) is 7.25. The van der Waals surface area contributed by atoms with Gasteiger partial charge in [0.15, 0.2) is 0 Å². The van der Waals surface area contributed by atoms with E-state index in [2.05, 4.69) is 20.4 Å². The van der Waals surface area contributed by atoms with Crippen molar-refractivity contribution >= 4 is 15.9 Å². The van der Waals surface area contributed by atoms with Crippen LogP contribution in [0.15, 0.2) is 17.3 Å². The number of nitrogens with one attached hydrogen (secondary N) is 1. The summed E-state index contributed by atoms with van der Waals surface area (Å²) < 4.78 is 30.2. The molecule has 1 saturated carbocycles. The van der Waals surface area contributed by atoms with Crippen LogP contribution in [0.5, 0.6) is 0 Å². The molecule has 0 bridgehead atoms. The highest BCUT2D eigenvalue weighted by Gasteiger charge is 2.40. The molecular formula is C20H28N6O3S. The summed E-state index contributed by atoms with van der Waals surface area (Å²) >= 11 is 0. The molecule has 2 fully saturated rings. The summed E-state index contributed by atoms with van der Waals surface area (Å²) in [5.74, 6) is 0.285. The lowest BCUT2D eigenvalue weighted by Crippen LogP contribution is -2.34. The molecule has 30 heavy (non-hydrogen) atoms. The number of carbonyl (C=O) groups excluding carboxylic acids is 1. The number of aryl methyl sites for hydroxylation is 3. The van der Waals surface area contributed by atoms with Crippen molar-refractivity contribution in [2.45, 2.75) is 76.4 Å². The lowest BCUT2D eigenvalue weighted by Gasteiger charge is -2.25. The molecule has 0 unspecified atom stereocenters. The molecule has 162 valence electrons. The summed E-state index contributed by atoms with van der Waals surface area (Å²) in [4.78, 5) is 21.7. The first kappa shape index (κ1) is 20.9. The molecule has 1 atom stereocenters. The highest BCUT2D eigenvalue weighted by molar-refractivity contribution is 7.89. The first-order valence-corrected chi connectivity index (χ1v) is 12.0. The summed E-state index contributed by atoms with van der Waals surface area (Å²) in [5.41, 5.74) is 1.33. The first-order valence-electron chi connectivity index (χ1n) is 10.5. The van der Waals surface area contributed by atoms with Gasteiger partial charge in [-0.2, -0.15) is 9.40 Å². The molecule has 0 aromatic carbocycles. The van der Waals surface area contributed by atoms with Gasteiger partial charge in [0.05, 0.1) is 23.0 Å². The Morgan fingerprint density at radius 3 is 2.73 bits per heavy atom. The Hall–Kier alpha value is -2.33. The Morgan fingerprint density at radius 2 is 2.03 bits per heavy atom. The van der Waals surface area contributed by atoms with E-state index >= 15 is 0 Å². The molecule has 4 rings (SSSR count). The third-order valence-corrected chi connectivity index (χ3v) is 7.57. The Balaban J connectivity index is 1.70. The first-order chi connectivity index (χ1) is 14.3. The second-order valence-corrected chi connectivity index (χ2v) is 9.94. The zero-order valence-corrected chi connectivity index (χ0v) is 18.4. The number of amides is 1. The fourth-order valence-electron chi connectivity index (χ4n) is 3.93. The summed E-state index contributed by atoms with van der Waals surface area (Å²) in [5, 5.41) is 7.32. The molecule has 1 amide bonds. The van der Waals surface area contributed by atoms with Crippen molar-refractivity contribution in [1.82, 2.24) is 29.4 Å². The number of aromatic nitrogens is 4. The van der Waals surface area contributed by atoms with E-state index in [-0.39, 0.29) is 16.8 Å². The third kappa shape index (κ3) is 3.98. The molecule has 2 aliphatic rings. The van der Waals surface area contributed by atoms with Crippen LogP contribution in [0.4, 0.5) is 0 Å². The van der Waals surface area contributed by atoms with Crippen LogP contribution in [0.2, 0.25) is 0 Å². The number of carbonyl (C=O) groups is 1. The minimum atomic E-state index is -3.77. The van der Waals surface area contributed by atoms with E-state index in [1.807, 2.05) is 6.92 Å². The zero-order chi connectivity index (χ0) is 21.5. The van der Waals surface area contributed by atoms with Gasteiger partial charge in [0, 0.05) is 31.5 Å². The Morgan fingerprint density at radius 1 is 1.27 bits per heavy atom. The molecule has 2 aromatic rings. The monoisotopic (exact) mass is 432 g/mol. The smallest absolute Gasteiger partial charge is 0.254 e. The lowest BCUT2D eigenvalue weighted by molar-refractivity contribution is 0.0947. The summed E-state index contributed by atoms with van der Waals surface area (Å²) in [7, 11) is -3.77. The van der Waals surface area contributed by atoms with Crippen molar-refractivity contribution in [2.75, 3.05) is 6.54 Å². The molecule has 1 aliphatic heterocycles. The van der Waals surface area contributed by atoms with Crippen molar-refractivity contribution in [3.8, 4) is 0 Å². The van der Waals surface area contributed by atoms with Crippen LogP contribution in [-0.4, -0.2) is 51.0 Å². The normalized spacial score (nSPS) is 19.9. The van der Waals surface area contributed by atoms with E-state index in [0.717, 1.165) is 19.3 Å². The van der Waals surface area contributed by atoms with Gasteiger partial charge in [-0.15, -0.1) is 0 Å². The molecule has 9 nitrogen and oxygen atoms in total. The topological polar surface area (TPSA) is 110 Å². The SMILES string of the molecule is CCCn1cc(S(=O)(=O)N2CCC[C@H]2c2nc(C)ncc2C(=O)NC2CC2)c(C)n1. The minimum absolute atomic E-state index is 0.196. The molecule has 2 aromatic heterocycles. The fourth-order valence-corrected chi connectivity index (χ4v) is 5.76. The molecule has 0 spiro atoms. The molecule has 1 saturated heterocycles. The Labute approximate surface area is 176 Å². The zero-order valence-electron chi connectivity index (χ0n) is 17.6. The van der Waals surface area contributed by atoms with Gasteiger partial charge in [-0.1, -0.05) is 6.92 Å². The molecular weight excluding hydrogens is 404 g/mol. The average Bonchev–Trinajstić information content (AvgIpc) is 3.22. The Bertz CT molecular complexity index is 1060. The highest BCUT2D eigenvalue weighted by Crippen LogP contribution is 2.37. The van der Waals surface area contributed by atoms with E-state index in [9.17, 15) is 13.2 Å². The van der Waals surface area contributed by atoms with Crippen molar-refractivity contribution < 1.29 is 13.2 Å². The van der Waals surface area contributed by atoms with Crippen LogP contribution in [0.1, 0.15) is 72.6 Å². The standard InChI is InChI=1S/C20H28N6O3S/c1-4-9-25-12-18(13(2)24-25)30(28,29)26-10-5-6-17(26)19-16(11-21-14(3)22-19)20(27)23-15-7-8-15/h11-12,15,17H,4-10H2,1-3H3,(H,23,27)/t17-/m0/s1. The van der Waals surface area contributed by atoms with E-state index in [1.54, 1.807) is 24.7 Å². The van der Waals surface area contributed by atoms with Crippen LogP contribution in [0.3, 0.4) is 0 Å². The quantitative estimate of drug-likeness (QED) is 0.718. The van der Waals surface area contributed by atoms with Gasteiger partial charge >= 0.3 is 0 Å². The van der Waals surface area contributed by atoms with E-state index in [1.165, 1.54) is 10.5 Å². The largest absolute Gasteiger partial charge is 0.349 e. The van der Waals surface area contributed by atoms with Crippen LogP contribution < -0.4 is 5.32 Å². The maximum Gasteiger partial charge on any atom is 0.254 e. The fraction of sp³-hybridized carbons (Fsp3) is 0.600. The molecule has 3 heterocycles. The van der Waals surface area contributed by atoms with E-state index in [4.69, 9.17) is 0 Å². The van der Waals surface area contributed by atoms with Crippen LogP contribution in [0, 0.1) is 13.8 Å². The van der Waals surface area contributed by atoms with Gasteiger partial charge in [-0.3, -0.25) is 9.48 Å². The van der Waals surface area contributed by atoms with Gasteiger partial charge in [0.2, 0.25) is 10.0 Å². The molecule has 1 N–H and O–H groups in total. The number of rotatable bonds is 7. The van der Waals surface area contributed by atoms with Crippen LogP contribution in [0.25, 0.3) is 0 Å². The lowest BCUT2D eigenvalue weighted by atomic mass is 10.1. The van der Waals surface area contributed by atoms with E-state index in [0.29, 0.717) is 48.7 Å². The van der Waals surface area contributed by atoms with Crippen molar-refractivity contribution in [3.63, 3.8) is 0 Å². The van der Waals surface area contributed by atoms with Gasteiger partial charge < -0.3 is 5.32 Å². The second kappa shape index (κ2) is 8.07. The van der Waals surface area contributed by atoms with Gasteiger partial charge in [-0.05, 0) is 46.0 Å². The predicted molar refractivity (Wildman–Crippen MR) is 110 cm³/mol. The second-order valence-electron chi connectivity index (χ2n) is 8.08. The number of nitrogens with zero attached hydrogens (tertiary/aromatic N) is 5. The predicted octanol–water partition coefficient (Wildman–Crippen LogP) is 2.12. The van der Waals surface area contributed by atoms with Crippen LogP contribution in [-0.2, 0) is 16.6 Å². The maximum atomic E-state index is 13.5. The number of hydrogen-bond acceptors (Lipinski definition) is 6. The minimum Gasteiger partial charge on any atom is -0.349 e. The van der Waals surface area contributed by atoms with Crippen molar-refractivity contribution in [1.29, 1.82) is 0 Å². The third-order valence-electron chi connectivity index (χ3n) is 5.56. The van der Waals surface area contributed by atoms with Crippen molar-refractivity contribution in [2.24, 2.45) is 0 Å². The average molecular weight is 433 g/mol. The summed E-state index contributed by atoms with van der Waals surface area (Å²) in [6.45, 7) is 6.54. The maximum absolute atomic E-state index is 13.5. The molecule has 1 aliphatic carbocycles. The van der Waals surface area contributed by atoms with Crippen LogP contribution >= 0.6 is 0 Å². The summed E-state index contributed by atoms with van der Waals surface area (Å²) in [6, 6.07) is -0.298. The van der Waals surface area contributed by atoms with E-state index < -0.39 is 16.1 Å². The molecule has 0 radical (unpaired) electrons. The van der Waals surface area contributed by atoms with Gasteiger partial charge in [0.1, 0.15) is 10.7 Å². The number of sulfonamides is 1. The number of hydrogen-bond donors (Lipinski definition) is 1.